The zero-order valence-corrected chi connectivity index (χ0v) is 11.8. The number of halogens is 1. The largest absolute Gasteiger partial charge is 0.382 e. The molecule has 0 unspecified atom stereocenters. The molecule has 5 nitrogen and oxygen atoms in total. The summed E-state index contributed by atoms with van der Waals surface area (Å²) in [4.78, 5) is 22.7. The van der Waals surface area contributed by atoms with Gasteiger partial charge < -0.3 is 16.0 Å². The highest BCUT2D eigenvalue weighted by molar-refractivity contribution is 5.99. The number of carbonyl (C=O) groups is 2. The molecular weight excluding hydrogens is 261 g/mol. The summed E-state index contributed by atoms with van der Waals surface area (Å²) in [7, 11) is 0. The number of carbonyl (C=O) groups excluding carboxylic acids is 2. The average Bonchev–Trinajstić information content (AvgIpc) is 2.41. The Morgan fingerprint density at radius 2 is 1.85 bits per heavy atom. The van der Waals surface area contributed by atoms with E-state index in [1.165, 1.54) is 19.1 Å². The van der Waals surface area contributed by atoms with Crippen LogP contribution in [0.1, 0.15) is 30.6 Å². The van der Waals surface area contributed by atoms with Gasteiger partial charge in [-0.1, -0.05) is 13.0 Å². The minimum atomic E-state index is -0.451. The van der Waals surface area contributed by atoms with Gasteiger partial charge in [0.1, 0.15) is 5.82 Å². The monoisotopic (exact) mass is 281 g/mol. The first-order valence-electron chi connectivity index (χ1n) is 6.61. The van der Waals surface area contributed by atoms with E-state index < -0.39 is 5.82 Å². The van der Waals surface area contributed by atoms with Crippen LogP contribution in [0, 0.1) is 5.82 Å². The molecule has 1 rings (SSSR count). The number of hydrogen-bond acceptors (Lipinski definition) is 3. The molecule has 0 bridgehead atoms. The lowest BCUT2D eigenvalue weighted by Gasteiger charge is -2.12. The standard InChI is InChI=1S/C14H20FN3O2/c1-3-7-17-13-11(5-4-6-12(13)15)14(20)18-9-8-16-10(2)19/h4-6,17H,3,7-9H2,1-2H3,(H,16,19)(H,18,20). The predicted octanol–water partition coefficient (Wildman–Crippen LogP) is 1.51. The van der Waals surface area contributed by atoms with Crippen LogP contribution in [0.3, 0.4) is 0 Å². The van der Waals surface area contributed by atoms with Crippen LogP contribution in [-0.4, -0.2) is 31.4 Å². The number of hydrogen-bond donors (Lipinski definition) is 3. The van der Waals surface area contributed by atoms with E-state index in [9.17, 15) is 14.0 Å². The fraction of sp³-hybridized carbons (Fsp3) is 0.429. The number of para-hydroxylation sites is 1. The number of rotatable bonds is 7. The Bertz CT molecular complexity index is 477. The third-order valence-corrected chi connectivity index (χ3v) is 2.59. The Morgan fingerprint density at radius 3 is 2.50 bits per heavy atom. The summed E-state index contributed by atoms with van der Waals surface area (Å²) < 4.78 is 13.7. The third kappa shape index (κ3) is 4.87. The van der Waals surface area contributed by atoms with Crippen molar-refractivity contribution in [2.24, 2.45) is 0 Å². The molecule has 0 aliphatic carbocycles. The summed E-state index contributed by atoms with van der Waals surface area (Å²) in [5.74, 6) is -0.975. The molecule has 0 spiro atoms. The van der Waals surface area contributed by atoms with Gasteiger partial charge in [0.15, 0.2) is 0 Å². The summed E-state index contributed by atoms with van der Waals surface area (Å²) in [6.07, 6.45) is 0.831. The molecule has 1 aromatic carbocycles. The predicted molar refractivity (Wildman–Crippen MR) is 76.2 cm³/mol. The van der Waals surface area contributed by atoms with Gasteiger partial charge in [-0.2, -0.15) is 0 Å². The molecule has 110 valence electrons. The van der Waals surface area contributed by atoms with E-state index in [1.54, 1.807) is 6.07 Å². The first-order valence-corrected chi connectivity index (χ1v) is 6.61. The van der Waals surface area contributed by atoms with Crippen LogP contribution in [0.15, 0.2) is 18.2 Å². The highest BCUT2D eigenvalue weighted by Gasteiger charge is 2.14. The first-order chi connectivity index (χ1) is 9.56. The molecule has 2 amide bonds. The number of amides is 2. The SMILES string of the molecule is CCCNc1c(F)cccc1C(=O)NCCNC(C)=O. The molecule has 0 saturated heterocycles. The molecule has 0 heterocycles. The second-order valence-corrected chi connectivity index (χ2v) is 4.33. The minimum Gasteiger partial charge on any atom is -0.382 e. The number of benzene rings is 1. The van der Waals surface area contributed by atoms with Gasteiger partial charge in [0.05, 0.1) is 11.3 Å². The second kappa shape index (κ2) is 8.14. The normalized spacial score (nSPS) is 9.95. The van der Waals surface area contributed by atoms with Crippen molar-refractivity contribution in [3.8, 4) is 0 Å². The van der Waals surface area contributed by atoms with E-state index in [-0.39, 0.29) is 23.1 Å². The molecule has 20 heavy (non-hydrogen) atoms. The van der Waals surface area contributed by atoms with Crippen molar-refractivity contribution in [3.05, 3.63) is 29.6 Å². The molecule has 0 radical (unpaired) electrons. The average molecular weight is 281 g/mol. The third-order valence-electron chi connectivity index (χ3n) is 2.59. The van der Waals surface area contributed by atoms with Gasteiger partial charge in [-0.3, -0.25) is 9.59 Å². The Kier molecular flexibility index (Phi) is 6.49. The summed E-state index contributed by atoms with van der Waals surface area (Å²) in [5, 5.41) is 8.12. The molecular formula is C14H20FN3O2. The van der Waals surface area contributed by atoms with Gasteiger partial charge >= 0.3 is 0 Å². The van der Waals surface area contributed by atoms with Crippen molar-refractivity contribution < 1.29 is 14.0 Å². The van der Waals surface area contributed by atoms with Crippen molar-refractivity contribution in [2.45, 2.75) is 20.3 Å². The van der Waals surface area contributed by atoms with Crippen LogP contribution in [0.5, 0.6) is 0 Å². The van der Waals surface area contributed by atoms with Crippen molar-refractivity contribution >= 4 is 17.5 Å². The summed E-state index contributed by atoms with van der Waals surface area (Å²) in [6, 6.07) is 4.37. The second-order valence-electron chi connectivity index (χ2n) is 4.33. The van der Waals surface area contributed by atoms with Gasteiger partial charge in [-0.15, -0.1) is 0 Å². The first kappa shape index (κ1) is 15.9. The highest BCUT2D eigenvalue weighted by Crippen LogP contribution is 2.19. The smallest absolute Gasteiger partial charge is 0.253 e. The van der Waals surface area contributed by atoms with E-state index in [0.29, 0.717) is 19.6 Å². The molecule has 3 N–H and O–H groups in total. The van der Waals surface area contributed by atoms with E-state index >= 15 is 0 Å². The Labute approximate surface area is 117 Å². The minimum absolute atomic E-state index is 0.157. The van der Waals surface area contributed by atoms with Crippen molar-refractivity contribution in [3.63, 3.8) is 0 Å². The van der Waals surface area contributed by atoms with Gasteiger partial charge in [-0.05, 0) is 18.6 Å². The van der Waals surface area contributed by atoms with Crippen molar-refractivity contribution in [1.82, 2.24) is 10.6 Å². The zero-order valence-electron chi connectivity index (χ0n) is 11.8. The summed E-state index contributed by atoms with van der Waals surface area (Å²) in [5.41, 5.74) is 0.479. The highest BCUT2D eigenvalue weighted by atomic mass is 19.1. The van der Waals surface area contributed by atoms with Gasteiger partial charge in [0, 0.05) is 26.6 Å². The zero-order chi connectivity index (χ0) is 15.0. The fourth-order valence-electron chi connectivity index (χ4n) is 1.65. The fourth-order valence-corrected chi connectivity index (χ4v) is 1.65. The van der Waals surface area contributed by atoms with Gasteiger partial charge in [0.2, 0.25) is 5.91 Å². The topological polar surface area (TPSA) is 70.2 Å². The van der Waals surface area contributed by atoms with Crippen molar-refractivity contribution in [1.29, 1.82) is 0 Å². The lowest BCUT2D eigenvalue weighted by molar-refractivity contribution is -0.118. The van der Waals surface area contributed by atoms with Crippen molar-refractivity contribution in [2.75, 3.05) is 25.0 Å². The quantitative estimate of drug-likeness (QED) is 0.664. The van der Waals surface area contributed by atoms with E-state index in [0.717, 1.165) is 6.42 Å². The van der Waals surface area contributed by atoms with Gasteiger partial charge in [-0.25, -0.2) is 4.39 Å². The summed E-state index contributed by atoms with van der Waals surface area (Å²) >= 11 is 0. The molecule has 1 aromatic rings. The molecule has 0 aliphatic heterocycles. The Balaban J connectivity index is 2.66. The van der Waals surface area contributed by atoms with Crippen LogP contribution in [0.4, 0.5) is 10.1 Å². The molecule has 0 fully saturated rings. The van der Waals surface area contributed by atoms with E-state index in [4.69, 9.17) is 0 Å². The summed E-state index contributed by atoms with van der Waals surface area (Å²) in [6.45, 7) is 4.59. The maximum absolute atomic E-state index is 13.7. The lowest BCUT2D eigenvalue weighted by Crippen LogP contribution is -2.34. The molecule has 0 atom stereocenters. The van der Waals surface area contributed by atoms with Crippen LogP contribution >= 0.6 is 0 Å². The van der Waals surface area contributed by atoms with E-state index in [1.807, 2.05) is 6.92 Å². The van der Waals surface area contributed by atoms with Crippen LogP contribution < -0.4 is 16.0 Å². The maximum Gasteiger partial charge on any atom is 0.253 e. The van der Waals surface area contributed by atoms with Gasteiger partial charge in [0.25, 0.3) is 5.91 Å². The van der Waals surface area contributed by atoms with Crippen LogP contribution in [0.25, 0.3) is 0 Å². The number of anilines is 1. The molecule has 0 aromatic heterocycles. The molecule has 0 aliphatic rings. The van der Waals surface area contributed by atoms with E-state index in [2.05, 4.69) is 16.0 Å². The van der Waals surface area contributed by atoms with Crippen LogP contribution in [0.2, 0.25) is 0 Å². The lowest BCUT2D eigenvalue weighted by atomic mass is 10.1. The molecule has 0 saturated carbocycles. The Morgan fingerprint density at radius 1 is 1.15 bits per heavy atom. The Hall–Kier alpha value is -2.11. The molecule has 6 heteroatoms. The van der Waals surface area contributed by atoms with Crippen LogP contribution in [-0.2, 0) is 4.79 Å². The number of nitrogens with one attached hydrogen (secondary N) is 3. The maximum atomic E-state index is 13.7.